The summed E-state index contributed by atoms with van der Waals surface area (Å²) in [5.74, 6) is -3.21. The Kier molecular flexibility index (Phi) is 4.81. The van der Waals surface area contributed by atoms with Gasteiger partial charge in [-0.05, 0) is 32.4 Å². The molecule has 0 fully saturated rings. The quantitative estimate of drug-likeness (QED) is 0.922. The Bertz CT molecular complexity index is 524. The highest BCUT2D eigenvalue weighted by Gasteiger charge is 2.28. The maximum atomic E-state index is 13.5. The van der Waals surface area contributed by atoms with Crippen LogP contribution in [0.4, 0.5) is 8.78 Å². The van der Waals surface area contributed by atoms with Crippen LogP contribution in [-0.4, -0.2) is 34.0 Å². The van der Waals surface area contributed by atoms with Crippen LogP contribution in [0, 0.1) is 11.6 Å². The standard InChI is InChI=1S/C14H17F2NO3/c1-14(2,3)17(8-13(19)20)12(18)6-9-4-5-10(15)7-11(9)16/h4-5,7H,6,8H2,1-3H3,(H,19,20). The first kappa shape index (κ1) is 16.1. The highest BCUT2D eigenvalue weighted by molar-refractivity contribution is 5.83. The number of carboxylic acid groups (broad SMARTS) is 1. The minimum atomic E-state index is -1.15. The molecule has 6 heteroatoms. The van der Waals surface area contributed by atoms with Gasteiger partial charge in [-0.1, -0.05) is 6.07 Å². The number of carbonyl (C=O) groups excluding carboxylic acids is 1. The van der Waals surface area contributed by atoms with Crippen LogP contribution in [0.25, 0.3) is 0 Å². The molecule has 4 nitrogen and oxygen atoms in total. The molecule has 0 aromatic heterocycles. The van der Waals surface area contributed by atoms with Crippen molar-refractivity contribution in [2.24, 2.45) is 0 Å². The predicted octanol–water partition coefficient (Wildman–Crippen LogP) is 2.22. The third kappa shape index (κ3) is 4.29. The van der Waals surface area contributed by atoms with Crippen molar-refractivity contribution < 1.29 is 23.5 Å². The van der Waals surface area contributed by atoms with Gasteiger partial charge in [-0.15, -0.1) is 0 Å². The molecule has 20 heavy (non-hydrogen) atoms. The highest BCUT2D eigenvalue weighted by atomic mass is 19.1. The van der Waals surface area contributed by atoms with Gasteiger partial charge in [0.15, 0.2) is 0 Å². The Balaban J connectivity index is 2.93. The van der Waals surface area contributed by atoms with E-state index in [1.54, 1.807) is 20.8 Å². The minimum absolute atomic E-state index is 0.0380. The van der Waals surface area contributed by atoms with Crippen LogP contribution in [-0.2, 0) is 16.0 Å². The molecule has 110 valence electrons. The summed E-state index contributed by atoms with van der Waals surface area (Å²) in [6.07, 6.45) is -0.309. The zero-order chi connectivity index (χ0) is 15.5. The maximum Gasteiger partial charge on any atom is 0.323 e. The Morgan fingerprint density at radius 1 is 1.25 bits per heavy atom. The van der Waals surface area contributed by atoms with Crippen LogP contribution in [0.3, 0.4) is 0 Å². The number of halogens is 2. The van der Waals surface area contributed by atoms with Gasteiger partial charge >= 0.3 is 5.97 Å². The van der Waals surface area contributed by atoms with Gasteiger partial charge in [0.25, 0.3) is 0 Å². The third-order valence-corrected chi connectivity index (χ3v) is 2.76. The van der Waals surface area contributed by atoms with Crippen molar-refractivity contribution in [1.82, 2.24) is 4.90 Å². The van der Waals surface area contributed by atoms with Crippen LogP contribution < -0.4 is 0 Å². The van der Waals surface area contributed by atoms with Gasteiger partial charge < -0.3 is 10.0 Å². The van der Waals surface area contributed by atoms with Crippen LogP contribution in [0.5, 0.6) is 0 Å². The normalized spacial score (nSPS) is 11.2. The van der Waals surface area contributed by atoms with Gasteiger partial charge in [-0.3, -0.25) is 9.59 Å². The van der Waals surface area contributed by atoms with Crippen molar-refractivity contribution in [2.45, 2.75) is 32.7 Å². The summed E-state index contributed by atoms with van der Waals surface area (Å²) >= 11 is 0. The summed E-state index contributed by atoms with van der Waals surface area (Å²) in [5, 5.41) is 8.84. The van der Waals surface area contributed by atoms with Gasteiger partial charge in [-0.25, -0.2) is 8.78 Å². The molecule has 0 atom stereocenters. The zero-order valence-electron chi connectivity index (χ0n) is 11.6. The van der Waals surface area contributed by atoms with Crippen LogP contribution >= 0.6 is 0 Å². The van der Waals surface area contributed by atoms with Crippen molar-refractivity contribution in [3.63, 3.8) is 0 Å². The Labute approximate surface area is 116 Å². The molecule has 1 aromatic rings. The van der Waals surface area contributed by atoms with E-state index in [4.69, 9.17) is 5.11 Å². The van der Waals surface area contributed by atoms with Gasteiger partial charge in [0.2, 0.25) is 5.91 Å². The molecule has 0 aliphatic carbocycles. The maximum absolute atomic E-state index is 13.5. The fraction of sp³-hybridized carbons (Fsp3) is 0.429. The van der Waals surface area contributed by atoms with Gasteiger partial charge in [0, 0.05) is 11.6 Å². The SMILES string of the molecule is CC(C)(C)N(CC(=O)O)C(=O)Cc1ccc(F)cc1F. The molecule has 0 heterocycles. The molecular formula is C14H17F2NO3. The van der Waals surface area contributed by atoms with Crippen molar-refractivity contribution in [3.8, 4) is 0 Å². The van der Waals surface area contributed by atoms with E-state index in [1.807, 2.05) is 0 Å². The molecule has 0 saturated carbocycles. The second-order valence-corrected chi connectivity index (χ2v) is 5.46. The number of amides is 1. The summed E-state index contributed by atoms with van der Waals surface area (Å²) < 4.78 is 26.3. The number of rotatable bonds is 4. The lowest BCUT2D eigenvalue weighted by atomic mass is 10.0. The number of carbonyl (C=O) groups is 2. The molecule has 0 bridgehead atoms. The average molecular weight is 285 g/mol. The van der Waals surface area contributed by atoms with Gasteiger partial charge in [0.1, 0.15) is 18.2 Å². The Morgan fingerprint density at radius 2 is 1.85 bits per heavy atom. The largest absolute Gasteiger partial charge is 0.480 e. The predicted molar refractivity (Wildman–Crippen MR) is 69.2 cm³/mol. The van der Waals surface area contributed by atoms with E-state index < -0.39 is 35.6 Å². The van der Waals surface area contributed by atoms with E-state index in [0.717, 1.165) is 11.0 Å². The molecule has 0 unspecified atom stereocenters. The fourth-order valence-electron chi connectivity index (χ4n) is 1.76. The topological polar surface area (TPSA) is 57.6 Å². The molecule has 1 rings (SSSR count). The van der Waals surface area contributed by atoms with Crippen molar-refractivity contribution in [2.75, 3.05) is 6.54 Å². The van der Waals surface area contributed by atoms with Gasteiger partial charge in [-0.2, -0.15) is 0 Å². The molecule has 0 aliphatic rings. The van der Waals surface area contributed by atoms with E-state index in [9.17, 15) is 18.4 Å². The molecule has 1 aromatic carbocycles. The first-order valence-electron chi connectivity index (χ1n) is 6.07. The summed E-state index contributed by atoms with van der Waals surface area (Å²) in [6.45, 7) is 4.60. The Hall–Kier alpha value is -1.98. The van der Waals surface area contributed by atoms with Crippen LogP contribution in [0.2, 0.25) is 0 Å². The van der Waals surface area contributed by atoms with Crippen LogP contribution in [0.1, 0.15) is 26.3 Å². The first-order valence-corrected chi connectivity index (χ1v) is 6.07. The molecular weight excluding hydrogens is 268 g/mol. The number of aliphatic carboxylic acids is 1. The summed E-state index contributed by atoms with van der Waals surface area (Å²) in [6, 6.07) is 2.94. The van der Waals surface area contributed by atoms with Crippen LogP contribution in [0.15, 0.2) is 18.2 Å². The Morgan fingerprint density at radius 3 is 2.30 bits per heavy atom. The molecule has 0 aliphatic heterocycles. The van der Waals surface area contributed by atoms with E-state index in [0.29, 0.717) is 6.07 Å². The second kappa shape index (κ2) is 5.98. The van der Waals surface area contributed by atoms with E-state index in [1.165, 1.54) is 6.07 Å². The van der Waals surface area contributed by atoms with Gasteiger partial charge in [0.05, 0.1) is 6.42 Å². The average Bonchev–Trinajstić information content (AvgIpc) is 2.28. The van der Waals surface area contributed by atoms with E-state index in [-0.39, 0.29) is 12.0 Å². The minimum Gasteiger partial charge on any atom is -0.480 e. The smallest absolute Gasteiger partial charge is 0.323 e. The van der Waals surface area contributed by atoms with Crippen molar-refractivity contribution in [1.29, 1.82) is 0 Å². The highest BCUT2D eigenvalue weighted by Crippen LogP contribution is 2.17. The molecule has 1 N–H and O–H groups in total. The third-order valence-electron chi connectivity index (χ3n) is 2.76. The molecule has 0 spiro atoms. The number of hydrogen-bond acceptors (Lipinski definition) is 2. The van der Waals surface area contributed by atoms with Crippen molar-refractivity contribution in [3.05, 3.63) is 35.4 Å². The lowest BCUT2D eigenvalue weighted by Gasteiger charge is -2.34. The number of hydrogen-bond donors (Lipinski definition) is 1. The molecule has 1 amide bonds. The second-order valence-electron chi connectivity index (χ2n) is 5.46. The van der Waals surface area contributed by atoms with Crippen molar-refractivity contribution >= 4 is 11.9 Å². The van der Waals surface area contributed by atoms with E-state index in [2.05, 4.69) is 0 Å². The first-order chi connectivity index (χ1) is 9.11. The number of carboxylic acids is 1. The number of nitrogens with zero attached hydrogens (tertiary/aromatic N) is 1. The van der Waals surface area contributed by atoms with E-state index >= 15 is 0 Å². The lowest BCUT2D eigenvalue weighted by molar-refractivity contribution is -0.147. The summed E-state index contributed by atoms with van der Waals surface area (Å²) in [7, 11) is 0. The molecule has 0 radical (unpaired) electrons. The fourth-order valence-corrected chi connectivity index (χ4v) is 1.76. The lowest BCUT2D eigenvalue weighted by Crippen LogP contribution is -2.48. The summed E-state index contributed by atoms with van der Waals surface area (Å²) in [5.41, 5.74) is -0.664. The zero-order valence-corrected chi connectivity index (χ0v) is 11.6. The molecule has 0 saturated heterocycles. The monoisotopic (exact) mass is 285 g/mol. The number of benzene rings is 1. The summed E-state index contributed by atoms with van der Waals surface area (Å²) in [4.78, 5) is 24.1.